The van der Waals surface area contributed by atoms with Crippen LogP contribution in [0.25, 0.3) is 5.69 Å². The van der Waals surface area contributed by atoms with E-state index in [1.807, 2.05) is 0 Å². The van der Waals surface area contributed by atoms with Gasteiger partial charge in [-0.05, 0) is 44.1 Å². The van der Waals surface area contributed by atoms with Gasteiger partial charge in [-0.15, -0.1) is 0 Å². The summed E-state index contributed by atoms with van der Waals surface area (Å²) in [6.07, 6.45) is 3.48. The normalized spacial score (nSPS) is 16.6. The predicted octanol–water partition coefficient (Wildman–Crippen LogP) is 1.76. The largest absolute Gasteiger partial charge is 0.384 e. The van der Waals surface area contributed by atoms with Crippen molar-refractivity contribution in [1.29, 1.82) is 0 Å². The van der Waals surface area contributed by atoms with Crippen LogP contribution < -0.4 is 10.6 Å². The Morgan fingerprint density at radius 1 is 1.36 bits per heavy atom. The summed E-state index contributed by atoms with van der Waals surface area (Å²) in [6.45, 7) is 2.98. The number of rotatable bonds is 6. The first kappa shape index (κ1) is 17.6. The maximum absolute atomic E-state index is 13.8. The van der Waals surface area contributed by atoms with Gasteiger partial charge in [0, 0.05) is 25.3 Å². The molecule has 2 N–H and O–H groups in total. The number of nitrogens with zero attached hydrogens (tertiary/aromatic N) is 2. The third-order valence-electron chi connectivity index (χ3n) is 4.66. The zero-order chi connectivity index (χ0) is 17.7. The van der Waals surface area contributed by atoms with Crippen LogP contribution in [0.2, 0.25) is 0 Å². The molecule has 2 aromatic rings. The quantitative estimate of drug-likeness (QED) is 0.836. The fourth-order valence-electron chi connectivity index (χ4n) is 3.21. The molecule has 3 rings (SSSR count). The summed E-state index contributed by atoms with van der Waals surface area (Å²) in [5.41, 5.74) is 0.532. The summed E-state index contributed by atoms with van der Waals surface area (Å²) in [7, 11) is 1.68. The number of ether oxygens (including phenoxy) is 1. The average Bonchev–Trinajstić information content (AvgIpc) is 3.11. The lowest BCUT2D eigenvalue weighted by Crippen LogP contribution is -2.47. The summed E-state index contributed by atoms with van der Waals surface area (Å²) < 4.78 is 20.6. The van der Waals surface area contributed by atoms with Crippen molar-refractivity contribution in [2.75, 3.05) is 33.4 Å². The van der Waals surface area contributed by atoms with E-state index in [1.165, 1.54) is 10.7 Å². The molecule has 6 nitrogen and oxygen atoms in total. The van der Waals surface area contributed by atoms with Crippen LogP contribution in [0.15, 0.2) is 36.5 Å². The molecule has 1 aromatic carbocycles. The number of hydrogen-bond donors (Lipinski definition) is 2. The van der Waals surface area contributed by atoms with Crippen LogP contribution >= 0.6 is 0 Å². The van der Waals surface area contributed by atoms with E-state index < -0.39 is 0 Å². The first-order chi connectivity index (χ1) is 12.1. The maximum Gasteiger partial charge on any atom is 0.271 e. The van der Waals surface area contributed by atoms with Gasteiger partial charge in [-0.2, -0.15) is 5.10 Å². The number of methoxy groups -OCH3 is 1. The molecule has 0 saturated carbocycles. The summed E-state index contributed by atoms with van der Waals surface area (Å²) >= 11 is 0. The van der Waals surface area contributed by atoms with Crippen molar-refractivity contribution in [2.24, 2.45) is 5.41 Å². The van der Waals surface area contributed by atoms with E-state index in [0.717, 1.165) is 25.9 Å². The summed E-state index contributed by atoms with van der Waals surface area (Å²) in [6, 6.07) is 7.91. The van der Waals surface area contributed by atoms with Crippen LogP contribution in [0.1, 0.15) is 23.3 Å². The SMILES string of the molecule is COCC1(CNC(=O)c2ccn(-c3ccccc3F)n2)CCNCC1. The van der Waals surface area contributed by atoms with Gasteiger partial charge in [0.1, 0.15) is 11.5 Å². The molecular weight excluding hydrogens is 323 g/mol. The molecule has 0 aliphatic carbocycles. The number of para-hydroxylation sites is 1. The fraction of sp³-hybridized carbons (Fsp3) is 0.444. The zero-order valence-corrected chi connectivity index (χ0v) is 14.3. The van der Waals surface area contributed by atoms with Gasteiger partial charge in [-0.3, -0.25) is 4.79 Å². The van der Waals surface area contributed by atoms with Gasteiger partial charge in [0.25, 0.3) is 5.91 Å². The highest BCUT2D eigenvalue weighted by molar-refractivity contribution is 5.92. The molecule has 1 aliphatic rings. The molecule has 1 amide bonds. The fourth-order valence-corrected chi connectivity index (χ4v) is 3.21. The van der Waals surface area contributed by atoms with E-state index in [0.29, 0.717) is 18.8 Å². The van der Waals surface area contributed by atoms with Gasteiger partial charge in [-0.1, -0.05) is 12.1 Å². The van der Waals surface area contributed by atoms with Crippen molar-refractivity contribution in [1.82, 2.24) is 20.4 Å². The van der Waals surface area contributed by atoms with E-state index in [2.05, 4.69) is 15.7 Å². The number of amides is 1. The molecule has 134 valence electrons. The Bertz CT molecular complexity index is 720. The third-order valence-corrected chi connectivity index (χ3v) is 4.66. The van der Waals surface area contributed by atoms with Crippen LogP contribution in [-0.2, 0) is 4.74 Å². The minimum Gasteiger partial charge on any atom is -0.384 e. The van der Waals surface area contributed by atoms with Gasteiger partial charge < -0.3 is 15.4 Å². The molecule has 25 heavy (non-hydrogen) atoms. The number of hydrogen-bond acceptors (Lipinski definition) is 4. The Balaban J connectivity index is 1.66. The van der Waals surface area contributed by atoms with Gasteiger partial charge in [0.05, 0.1) is 6.61 Å². The molecule has 0 spiro atoms. The maximum atomic E-state index is 13.8. The Morgan fingerprint density at radius 3 is 2.84 bits per heavy atom. The van der Waals surface area contributed by atoms with Gasteiger partial charge in [0.15, 0.2) is 5.69 Å². The summed E-state index contributed by atoms with van der Waals surface area (Å²) in [5, 5.41) is 10.5. The molecule has 7 heteroatoms. The number of carbonyl (C=O) groups is 1. The van der Waals surface area contributed by atoms with Crippen molar-refractivity contribution >= 4 is 5.91 Å². The molecule has 1 saturated heterocycles. The Hall–Kier alpha value is -2.25. The first-order valence-corrected chi connectivity index (χ1v) is 8.42. The average molecular weight is 346 g/mol. The van der Waals surface area contributed by atoms with Crippen LogP contribution in [0, 0.1) is 11.2 Å². The molecule has 2 heterocycles. The third kappa shape index (κ3) is 4.05. The summed E-state index contributed by atoms with van der Waals surface area (Å²) in [4.78, 5) is 12.4. The molecule has 0 unspecified atom stereocenters. The molecule has 0 bridgehead atoms. The van der Waals surface area contributed by atoms with Gasteiger partial charge in [-0.25, -0.2) is 9.07 Å². The van der Waals surface area contributed by atoms with E-state index >= 15 is 0 Å². The second-order valence-electron chi connectivity index (χ2n) is 6.46. The van der Waals surface area contributed by atoms with Gasteiger partial charge >= 0.3 is 0 Å². The minimum atomic E-state index is -0.383. The van der Waals surface area contributed by atoms with E-state index in [4.69, 9.17) is 4.74 Å². The van der Waals surface area contributed by atoms with Crippen molar-refractivity contribution in [3.63, 3.8) is 0 Å². The van der Waals surface area contributed by atoms with Crippen LogP contribution in [0.5, 0.6) is 0 Å². The number of aromatic nitrogens is 2. The zero-order valence-electron chi connectivity index (χ0n) is 14.3. The number of halogens is 1. The smallest absolute Gasteiger partial charge is 0.271 e. The number of carbonyl (C=O) groups excluding carboxylic acids is 1. The molecule has 1 aliphatic heterocycles. The lowest BCUT2D eigenvalue weighted by molar-refractivity contribution is 0.0510. The first-order valence-electron chi connectivity index (χ1n) is 8.42. The lowest BCUT2D eigenvalue weighted by Gasteiger charge is -2.37. The summed E-state index contributed by atoms with van der Waals surface area (Å²) in [5.74, 6) is -0.643. The van der Waals surface area contributed by atoms with Crippen LogP contribution in [-0.4, -0.2) is 49.0 Å². The highest BCUT2D eigenvalue weighted by Crippen LogP contribution is 2.28. The predicted molar refractivity (Wildman–Crippen MR) is 92.3 cm³/mol. The molecule has 0 radical (unpaired) electrons. The van der Waals surface area contributed by atoms with Gasteiger partial charge in [0.2, 0.25) is 0 Å². The second kappa shape index (κ2) is 7.76. The van der Waals surface area contributed by atoms with Crippen molar-refractivity contribution in [3.05, 3.63) is 48.0 Å². The lowest BCUT2D eigenvalue weighted by atomic mass is 9.79. The highest BCUT2D eigenvalue weighted by atomic mass is 19.1. The Labute approximate surface area is 146 Å². The second-order valence-corrected chi connectivity index (χ2v) is 6.46. The number of benzene rings is 1. The number of piperidine rings is 1. The van der Waals surface area contributed by atoms with Crippen molar-refractivity contribution in [3.8, 4) is 5.69 Å². The van der Waals surface area contributed by atoms with Crippen LogP contribution in [0.3, 0.4) is 0 Å². The molecule has 1 aromatic heterocycles. The van der Waals surface area contributed by atoms with E-state index in [1.54, 1.807) is 37.6 Å². The number of nitrogens with one attached hydrogen (secondary N) is 2. The standard InChI is InChI=1S/C18H23FN4O2/c1-25-13-18(7-9-20-10-8-18)12-21-17(24)15-6-11-23(22-15)16-5-3-2-4-14(16)19/h2-6,11,20H,7-10,12-13H2,1H3,(H,21,24). The molecule has 1 fully saturated rings. The van der Waals surface area contributed by atoms with Crippen LogP contribution in [0.4, 0.5) is 4.39 Å². The Morgan fingerprint density at radius 2 is 2.12 bits per heavy atom. The van der Waals surface area contributed by atoms with E-state index in [-0.39, 0.29) is 22.8 Å². The molecule has 0 atom stereocenters. The highest BCUT2D eigenvalue weighted by Gasteiger charge is 2.32. The minimum absolute atomic E-state index is 0.0518. The molecular formula is C18H23FN4O2. The van der Waals surface area contributed by atoms with Crippen molar-refractivity contribution in [2.45, 2.75) is 12.8 Å². The van der Waals surface area contributed by atoms with E-state index in [9.17, 15) is 9.18 Å². The van der Waals surface area contributed by atoms with Crippen molar-refractivity contribution < 1.29 is 13.9 Å². The monoisotopic (exact) mass is 346 g/mol. The topological polar surface area (TPSA) is 68.2 Å². The Kier molecular flexibility index (Phi) is 5.45.